The molecule has 1 aromatic heterocycles. The first kappa shape index (κ1) is 21.1. The number of carbonyl (C=O) groups is 1. The maximum atomic E-state index is 13.3. The minimum atomic E-state index is -3.75. The van der Waals surface area contributed by atoms with Crippen LogP contribution in [0, 0.1) is 11.8 Å². The number of benzene rings is 1. The second-order valence-electron chi connectivity index (χ2n) is 7.90. The second-order valence-corrected chi connectivity index (χ2v) is 12.2. The van der Waals surface area contributed by atoms with Crippen LogP contribution in [0.5, 0.6) is 0 Å². The summed E-state index contributed by atoms with van der Waals surface area (Å²) in [6.07, 6.45) is 3.88. The number of carbonyl (C=O) groups excluding carboxylic acids is 1. The van der Waals surface area contributed by atoms with Gasteiger partial charge >= 0.3 is 0 Å². The number of sulfone groups is 1. The quantitative estimate of drug-likeness (QED) is 0.683. The smallest absolute Gasteiger partial charge is 0.257 e. The lowest BCUT2D eigenvalue weighted by Crippen LogP contribution is -2.45. The van der Waals surface area contributed by atoms with Gasteiger partial charge in [-0.2, -0.15) is 0 Å². The monoisotopic (exact) mass is 474 g/mol. The Bertz CT molecular complexity index is 1050. The number of amides is 1. The molecule has 6 nitrogen and oxygen atoms in total. The van der Waals surface area contributed by atoms with Crippen LogP contribution in [0.15, 0.2) is 29.3 Å². The Morgan fingerprint density at radius 3 is 2.52 bits per heavy atom. The van der Waals surface area contributed by atoms with E-state index in [-0.39, 0.29) is 27.3 Å². The van der Waals surface area contributed by atoms with Crippen molar-refractivity contribution in [2.24, 2.45) is 11.8 Å². The van der Waals surface area contributed by atoms with Crippen LogP contribution in [0.1, 0.15) is 43.0 Å². The van der Waals surface area contributed by atoms with E-state index in [1.807, 2.05) is 0 Å². The van der Waals surface area contributed by atoms with Crippen LogP contribution in [0.25, 0.3) is 0 Å². The zero-order valence-corrected chi connectivity index (χ0v) is 18.7. The molecule has 0 aliphatic heterocycles. The second kappa shape index (κ2) is 7.50. The van der Waals surface area contributed by atoms with Gasteiger partial charge in [0.1, 0.15) is 4.34 Å². The van der Waals surface area contributed by atoms with Crippen molar-refractivity contribution in [2.75, 3.05) is 5.32 Å². The molecule has 2 N–H and O–H groups in total. The minimum absolute atomic E-state index is 0.0408. The Labute approximate surface area is 183 Å². The fourth-order valence-corrected chi connectivity index (χ4v) is 7.75. The van der Waals surface area contributed by atoms with Gasteiger partial charge in [0.2, 0.25) is 0 Å². The van der Waals surface area contributed by atoms with Gasteiger partial charge in [0.15, 0.2) is 15.0 Å². The van der Waals surface area contributed by atoms with Gasteiger partial charge in [0, 0.05) is 5.56 Å². The van der Waals surface area contributed by atoms with E-state index in [4.69, 9.17) is 23.2 Å². The van der Waals surface area contributed by atoms with Gasteiger partial charge in [-0.25, -0.2) is 13.4 Å². The number of hydrogen-bond donors (Lipinski definition) is 2. The molecular formula is C19H20Cl2N2O4S2. The van der Waals surface area contributed by atoms with Crippen LogP contribution in [0.3, 0.4) is 0 Å². The number of anilines is 1. The summed E-state index contributed by atoms with van der Waals surface area (Å²) in [6, 6.07) is 4.21. The van der Waals surface area contributed by atoms with Crippen LogP contribution in [-0.2, 0) is 9.84 Å². The number of nitrogens with one attached hydrogen (secondary N) is 1. The number of aliphatic hydroxyl groups is 1. The van der Waals surface area contributed by atoms with Crippen molar-refractivity contribution in [3.05, 3.63) is 39.3 Å². The number of rotatable bonds is 4. The SMILES string of the molecule is CC1(O)C2CCC1CC(S(=O)(=O)c1cc(C(=O)Nc3ncc(Cl)s3)ccc1Cl)C2. The lowest BCUT2D eigenvalue weighted by molar-refractivity contribution is -0.0413. The van der Waals surface area contributed by atoms with Gasteiger partial charge in [-0.1, -0.05) is 34.5 Å². The van der Waals surface area contributed by atoms with Crippen LogP contribution in [0.4, 0.5) is 5.13 Å². The van der Waals surface area contributed by atoms with Gasteiger partial charge in [0.05, 0.1) is 27.0 Å². The highest BCUT2D eigenvalue weighted by Crippen LogP contribution is 2.51. The highest BCUT2D eigenvalue weighted by molar-refractivity contribution is 7.92. The molecule has 2 unspecified atom stereocenters. The van der Waals surface area contributed by atoms with Crippen molar-refractivity contribution in [2.45, 2.75) is 48.4 Å². The van der Waals surface area contributed by atoms with Crippen molar-refractivity contribution in [1.29, 1.82) is 0 Å². The number of thiazole rings is 1. The highest BCUT2D eigenvalue weighted by atomic mass is 35.5. The molecule has 1 amide bonds. The Kier molecular flexibility index (Phi) is 5.44. The topological polar surface area (TPSA) is 96.4 Å². The summed E-state index contributed by atoms with van der Waals surface area (Å²) in [5, 5.41) is 13.1. The Morgan fingerprint density at radius 2 is 1.93 bits per heavy atom. The molecule has 10 heteroatoms. The molecule has 0 spiro atoms. The number of fused-ring (bicyclic) bond motifs is 2. The average molecular weight is 475 g/mol. The number of nitrogens with zero attached hydrogens (tertiary/aromatic N) is 1. The summed E-state index contributed by atoms with van der Waals surface area (Å²) in [6.45, 7) is 1.81. The van der Waals surface area contributed by atoms with Crippen molar-refractivity contribution in [1.82, 2.24) is 4.98 Å². The minimum Gasteiger partial charge on any atom is -0.390 e. The predicted molar refractivity (Wildman–Crippen MR) is 114 cm³/mol. The molecule has 2 aliphatic rings. The van der Waals surface area contributed by atoms with E-state index < -0.39 is 26.6 Å². The summed E-state index contributed by atoms with van der Waals surface area (Å²) in [5.74, 6) is -0.572. The zero-order valence-electron chi connectivity index (χ0n) is 15.6. The Balaban J connectivity index is 1.61. The first-order valence-corrected chi connectivity index (χ1v) is 12.4. The first-order chi connectivity index (χ1) is 13.6. The number of aromatic nitrogens is 1. The van der Waals surface area contributed by atoms with Crippen molar-refractivity contribution in [3.63, 3.8) is 0 Å². The van der Waals surface area contributed by atoms with Crippen LogP contribution >= 0.6 is 34.5 Å². The highest BCUT2D eigenvalue weighted by Gasteiger charge is 2.53. The van der Waals surface area contributed by atoms with Crippen molar-refractivity contribution in [3.8, 4) is 0 Å². The van der Waals surface area contributed by atoms with Crippen molar-refractivity contribution >= 4 is 55.4 Å². The van der Waals surface area contributed by atoms with E-state index >= 15 is 0 Å². The third-order valence-electron chi connectivity index (χ3n) is 6.25. The van der Waals surface area contributed by atoms with Gasteiger partial charge in [0.25, 0.3) is 5.91 Å². The number of hydrogen-bond acceptors (Lipinski definition) is 6. The average Bonchev–Trinajstić information content (AvgIpc) is 3.07. The summed E-state index contributed by atoms with van der Waals surface area (Å²) < 4.78 is 27.1. The molecule has 2 bridgehead atoms. The van der Waals surface area contributed by atoms with E-state index in [2.05, 4.69) is 10.3 Å². The standard InChI is InChI=1S/C19H20Cl2N2O4S2/c1-19(25)11-3-4-12(19)8-13(7-11)29(26,27)15-6-10(2-5-14(15)20)17(24)23-18-22-9-16(21)28-18/h2,5-6,9,11-13,25H,3-4,7-8H2,1H3,(H,22,23,24). The predicted octanol–water partition coefficient (Wildman–Crippen LogP) is 4.42. The van der Waals surface area contributed by atoms with E-state index in [0.717, 1.165) is 24.2 Å². The molecule has 2 saturated carbocycles. The van der Waals surface area contributed by atoms with Gasteiger partial charge in [-0.3, -0.25) is 10.1 Å². The third kappa shape index (κ3) is 3.81. The fraction of sp³-hybridized carbons (Fsp3) is 0.474. The molecule has 2 atom stereocenters. The summed E-state index contributed by atoms with van der Waals surface area (Å²) in [4.78, 5) is 16.5. The molecule has 1 heterocycles. The molecule has 29 heavy (non-hydrogen) atoms. The van der Waals surface area contributed by atoms with Gasteiger partial charge in [-0.15, -0.1) is 0 Å². The van der Waals surface area contributed by atoms with Gasteiger partial charge < -0.3 is 5.11 Å². The Morgan fingerprint density at radius 1 is 1.28 bits per heavy atom. The molecule has 2 fully saturated rings. The lowest BCUT2D eigenvalue weighted by atomic mass is 9.76. The van der Waals surface area contributed by atoms with Crippen LogP contribution in [0.2, 0.25) is 9.36 Å². The normalized spacial score (nSPS) is 29.0. The van der Waals surface area contributed by atoms with E-state index in [0.29, 0.717) is 22.3 Å². The van der Waals surface area contributed by atoms with E-state index in [9.17, 15) is 18.3 Å². The van der Waals surface area contributed by atoms with Crippen molar-refractivity contribution < 1.29 is 18.3 Å². The molecule has 156 valence electrons. The summed E-state index contributed by atoms with van der Waals surface area (Å²) in [5.41, 5.74) is -0.642. The maximum Gasteiger partial charge on any atom is 0.257 e. The zero-order chi connectivity index (χ0) is 21.0. The maximum absolute atomic E-state index is 13.3. The molecule has 2 aromatic rings. The van der Waals surface area contributed by atoms with E-state index in [1.165, 1.54) is 24.4 Å². The molecule has 1 aromatic carbocycles. The molecule has 2 aliphatic carbocycles. The molecular weight excluding hydrogens is 455 g/mol. The fourth-order valence-electron chi connectivity index (χ4n) is 4.54. The van der Waals surface area contributed by atoms with Gasteiger partial charge in [-0.05, 0) is 62.6 Å². The van der Waals surface area contributed by atoms with Crippen LogP contribution < -0.4 is 5.32 Å². The summed E-state index contributed by atoms with van der Waals surface area (Å²) >= 11 is 13.2. The Hall–Kier alpha value is -1.19. The molecule has 4 rings (SSSR count). The largest absolute Gasteiger partial charge is 0.390 e. The van der Waals surface area contributed by atoms with E-state index in [1.54, 1.807) is 6.92 Å². The number of halogens is 2. The summed E-state index contributed by atoms with van der Waals surface area (Å²) in [7, 11) is -3.75. The first-order valence-electron chi connectivity index (χ1n) is 9.27. The van der Waals surface area contributed by atoms with Crippen LogP contribution in [-0.4, -0.2) is 35.3 Å². The molecule has 0 radical (unpaired) electrons. The lowest BCUT2D eigenvalue weighted by Gasteiger charge is -2.40. The molecule has 0 saturated heterocycles. The third-order valence-corrected chi connectivity index (χ3v) is 9.93.